The SMILES string of the molecule is CCN1CCN(P(=Nc2ccc([N+](=O)[O-])cc2Br)(c2c(C)cn(-c3ccccc3)c2C)C(C)(C)C)CC1. The minimum atomic E-state index is -2.40. The molecule has 0 N–H and O–H groups in total. The molecule has 0 bridgehead atoms. The quantitative estimate of drug-likeness (QED) is 0.173. The van der Waals surface area contributed by atoms with Crippen LogP contribution in [0.1, 0.15) is 39.0 Å². The third-order valence-corrected chi connectivity index (χ3v) is 12.8. The number of rotatable bonds is 6. The molecule has 0 aliphatic carbocycles. The van der Waals surface area contributed by atoms with Crippen LogP contribution in [-0.2, 0) is 0 Å². The predicted molar refractivity (Wildman–Crippen MR) is 158 cm³/mol. The molecule has 1 aliphatic heterocycles. The normalized spacial score (nSPS) is 16.9. The van der Waals surface area contributed by atoms with Gasteiger partial charge in [-0.25, -0.2) is 4.74 Å². The molecule has 4 rings (SSSR count). The van der Waals surface area contributed by atoms with Crippen LogP contribution in [0.3, 0.4) is 0 Å². The van der Waals surface area contributed by atoms with Gasteiger partial charge in [0.1, 0.15) is 0 Å². The van der Waals surface area contributed by atoms with E-state index in [0.717, 1.165) is 44.1 Å². The first-order valence-electron chi connectivity index (χ1n) is 12.8. The van der Waals surface area contributed by atoms with Crippen molar-refractivity contribution in [3.63, 3.8) is 0 Å². The van der Waals surface area contributed by atoms with E-state index in [1.165, 1.54) is 16.6 Å². The fourth-order valence-corrected chi connectivity index (χ4v) is 10.7. The second kappa shape index (κ2) is 10.9. The van der Waals surface area contributed by atoms with E-state index >= 15 is 0 Å². The highest BCUT2D eigenvalue weighted by molar-refractivity contribution is 9.10. The van der Waals surface area contributed by atoms with Gasteiger partial charge in [0.2, 0.25) is 0 Å². The summed E-state index contributed by atoms with van der Waals surface area (Å²) in [4.78, 5) is 13.5. The molecule has 37 heavy (non-hydrogen) atoms. The molecule has 0 radical (unpaired) electrons. The minimum absolute atomic E-state index is 0.0599. The molecule has 198 valence electrons. The number of non-ortho nitro benzene ring substituents is 1. The lowest BCUT2D eigenvalue weighted by atomic mass is 10.2. The van der Waals surface area contributed by atoms with E-state index in [1.807, 2.05) is 6.07 Å². The van der Waals surface area contributed by atoms with E-state index in [4.69, 9.17) is 4.74 Å². The maximum Gasteiger partial charge on any atom is 0.270 e. The van der Waals surface area contributed by atoms with Crippen LogP contribution in [0.2, 0.25) is 0 Å². The molecule has 9 heteroatoms. The van der Waals surface area contributed by atoms with Gasteiger partial charge < -0.3 is 9.47 Å². The predicted octanol–water partition coefficient (Wildman–Crippen LogP) is 7.27. The van der Waals surface area contributed by atoms with Gasteiger partial charge in [-0.3, -0.25) is 14.8 Å². The summed E-state index contributed by atoms with van der Waals surface area (Å²) in [6, 6.07) is 15.4. The monoisotopic (exact) mass is 585 g/mol. The first kappa shape index (κ1) is 27.8. The zero-order valence-electron chi connectivity index (χ0n) is 22.6. The Morgan fingerprint density at radius 1 is 1.05 bits per heavy atom. The smallest absolute Gasteiger partial charge is 0.270 e. The van der Waals surface area contributed by atoms with E-state index in [1.54, 1.807) is 18.2 Å². The number of hydrogen-bond donors (Lipinski definition) is 0. The largest absolute Gasteiger partial charge is 0.320 e. The van der Waals surface area contributed by atoms with Crippen molar-refractivity contribution in [3.8, 4) is 5.69 Å². The third kappa shape index (κ3) is 5.22. The lowest BCUT2D eigenvalue weighted by Crippen LogP contribution is -2.49. The van der Waals surface area contributed by atoms with Crippen LogP contribution in [0.4, 0.5) is 11.4 Å². The first-order chi connectivity index (χ1) is 17.5. The summed E-state index contributed by atoms with van der Waals surface area (Å²) in [7, 11) is -2.40. The second-order valence-corrected chi connectivity index (χ2v) is 15.2. The van der Waals surface area contributed by atoms with Crippen LogP contribution in [-0.4, -0.2) is 56.9 Å². The molecular formula is C28H37BrN5O2P. The van der Waals surface area contributed by atoms with E-state index < -0.39 is 7.21 Å². The molecule has 0 spiro atoms. The average molecular weight is 587 g/mol. The number of aromatic nitrogens is 1. The number of halogens is 1. The van der Waals surface area contributed by atoms with Gasteiger partial charge in [-0.15, -0.1) is 0 Å². The summed E-state index contributed by atoms with van der Waals surface area (Å²) < 4.78 is 11.2. The molecule has 0 saturated carbocycles. The Labute approximate surface area is 228 Å². The fourth-order valence-electron chi connectivity index (χ4n) is 5.43. The number of hydrogen-bond acceptors (Lipinski definition) is 4. The highest BCUT2D eigenvalue weighted by Gasteiger charge is 2.45. The summed E-state index contributed by atoms with van der Waals surface area (Å²) in [6.07, 6.45) is 2.24. The van der Waals surface area contributed by atoms with E-state index in [2.05, 4.69) is 102 Å². The van der Waals surface area contributed by atoms with Crippen LogP contribution >= 0.6 is 23.1 Å². The minimum Gasteiger partial charge on any atom is -0.320 e. The molecule has 1 fully saturated rings. The fraction of sp³-hybridized carbons (Fsp3) is 0.429. The summed E-state index contributed by atoms with van der Waals surface area (Å²) in [5, 5.41) is 12.5. The Kier molecular flexibility index (Phi) is 8.15. The van der Waals surface area contributed by atoms with Crippen molar-refractivity contribution in [1.29, 1.82) is 0 Å². The Hall–Kier alpha value is -2.25. The van der Waals surface area contributed by atoms with Crippen LogP contribution < -0.4 is 5.30 Å². The van der Waals surface area contributed by atoms with E-state index in [-0.39, 0.29) is 15.8 Å². The zero-order chi connectivity index (χ0) is 27.0. The zero-order valence-corrected chi connectivity index (χ0v) is 25.1. The molecule has 1 saturated heterocycles. The Morgan fingerprint density at radius 2 is 1.70 bits per heavy atom. The van der Waals surface area contributed by atoms with Gasteiger partial charge in [0.15, 0.2) is 0 Å². The number of nitrogens with zero attached hydrogens (tertiary/aromatic N) is 5. The van der Waals surface area contributed by atoms with E-state index in [0.29, 0.717) is 4.47 Å². The molecule has 2 heterocycles. The van der Waals surface area contributed by atoms with Crippen molar-refractivity contribution in [3.05, 3.63) is 80.6 Å². The summed E-state index contributed by atoms with van der Waals surface area (Å²) in [6.45, 7) is 18.4. The molecule has 1 aliphatic rings. The highest BCUT2D eigenvalue weighted by Crippen LogP contribution is 2.65. The molecule has 7 nitrogen and oxygen atoms in total. The number of nitro benzene ring substituents is 1. The lowest BCUT2D eigenvalue weighted by molar-refractivity contribution is -0.384. The van der Waals surface area contributed by atoms with Gasteiger partial charge in [0, 0.05) is 70.8 Å². The van der Waals surface area contributed by atoms with Crippen molar-refractivity contribution < 1.29 is 4.92 Å². The third-order valence-electron chi connectivity index (χ3n) is 7.28. The van der Waals surface area contributed by atoms with Crippen molar-refractivity contribution in [2.75, 3.05) is 32.7 Å². The lowest BCUT2D eigenvalue weighted by Gasteiger charge is -2.49. The van der Waals surface area contributed by atoms with E-state index in [9.17, 15) is 10.1 Å². The van der Waals surface area contributed by atoms with Crippen LogP contribution in [0, 0.1) is 24.0 Å². The van der Waals surface area contributed by atoms with Crippen molar-refractivity contribution in [1.82, 2.24) is 14.1 Å². The van der Waals surface area contributed by atoms with Crippen molar-refractivity contribution in [2.45, 2.75) is 46.7 Å². The molecule has 1 atom stereocenters. The Morgan fingerprint density at radius 3 is 2.24 bits per heavy atom. The molecule has 2 aromatic carbocycles. The summed E-state index contributed by atoms with van der Waals surface area (Å²) >= 11 is 3.62. The summed E-state index contributed by atoms with van der Waals surface area (Å²) in [5.41, 5.74) is 4.38. The van der Waals surface area contributed by atoms with Crippen LogP contribution in [0.5, 0.6) is 0 Å². The van der Waals surface area contributed by atoms with Gasteiger partial charge in [-0.1, -0.05) is 45.9 Å². The van der Waals surface area contributed by atoms with Gasteiger partial charge in [-0.05, 0) is 60.1 Å². The van der Waals surface area contributed by atoms with Crippen molar-refractivity contribution >= 4 is 39.8 Å². The van der Waals surface area contributed by atoms with Gasteiger partial charge >= 0.3 is 0 Å². The number of benzene rings is 2. The number of piperazine rings is 1. The maximum absolute atomic E-state index is 11.4. The highest BCUT2D eigenvalue weighted by atomic mass is 79.9. The number of nitro groups is 1. The first-order valence-corrected chi connectivity index (χ1v) is 15.3. The molecule has 3 aromatic rings. The van der Waals surface area contributed by atoms with Gasteiger partial charge in [0.25, 0.3) is 5.69 Å². The molecule has 1 unspecified atom stereocenters. The Bertz CT molecular complexity index is 1340. The standard InChI is InChI=1S/C28H37BrN5O2P/c1-7-31-15-17-32(18-16-31)37(28(4,5)6,30-26-14-13-24(34(35)36)19-25(26)29)27-21(2)20-33(22(27)3)23-11-9-8-10-12-23/h8-14,19-20H,7,15-18H2,1-6H3. The summed E-state index contributed by atoms with van der Waals surface area (Å²) in [5.74, 6) is 0. The van der Waals surface area contributed by atoms with Gasteiger partial charge in [-0.2, -0.15) is 0 Å². The molecule has 1 aromatic heterocycles. The number of likely N-dealkylation sites (N-methyl/N-ethyl adjacent to an activating group) is 1. The number of para-hydroxylation sites is 1. The van der Waals surface area contributed by atoms with Crippen LogP contribution in [0.15, 0.2) is 63.9 Å². The topological polar surface area (TPSA) is 66.9 Å². The molecule has 0 amide bonds. The second-order valence-electron chi connectivity index (χ2n) is 10.6. The van der Waals surface area contributed by atoms with Crippen molar-refractivity contribution in [2.24, 2.45) is 4.74 Å². The average Bonchev–Trinajstić information content (AvgIpc) is 3.17. The Balaban J connectivity index is 2.03. The molecular weight excluding hydrogens is 549 g/mol. The number of aryl methyl sites for hydroxylation is 1. The van der Waals surface area contributed by atoms with Crippen LogP contribution in [0.25, 0.3) is 5.69 Å². The maximum atomic E-state index is 11.4. The van der Waals surface area contributed by atoms with Gasteiger partial charge in [0.05, 0.1) is 17.8 Å².